The molecule has 0 radical (unpaired) electrons. The maximum atomic E-state index is 6.24. The van der Waals surface area contributed by atoms with Gasteiger partial charge in [-0.1, -0.05) is 42.5 Å². The van der Waals surface area contributed by atoms with E-state index in [0.29, 0.717) is 19.8 Å². The Kier molecular flexibility index (Phi) is 7.45. The molecule has 7 nitrogen and oxygen atoms in total. The number of hydrogen-bond acceptors (Lipinski definition) is 7. The Morgan fingerprint density at radius 1 is 0.844 bits per heavy atom. The lowest BCUT2D eigenvalue weighted by atomic mass is 9.99. The summed E-state index contributed by atoms with van der Waals surface area (Å²) >= 11 is 0. The minimum absolute atomic E-state index is 0.326. The number of rotatable bonds is 9. The molecule has 2 fully saturated rings. The molecule has 4 rings (SSSR count). The Hall–Kier alpha value is -2.00. The fraction of sp³-hybridized carbons (Fsp3) is 0.520. The molecule has 0 N–H and O–H groups in total. The summed E-state index contributed by atoms with van der Waals surface area (Å²) in [6.45, 7) is 5.04. The maximum Gasteiger partial charge on any atom is 0.186 e. The monoisotopic (exact) mass is 444 g/mol. The van der Waals surface area contributed by atoms with Gasteiger partial charge in [0.1, 0.15) is 30.2 Å². The van der Waals surface area contributed by atoms with Gasteiger partial charge in [-0.25, -0.2) is 0 Å². The lowest BCUT2D eigenvalue weighted by Gasteiger charge is -2.41. The van der Waals surface area contributed by atoms with Crippen molar-refractivity contribution in [1.29, 1.82) is 0 Å². The van der Waals surface area contributed by atoms with Crippen LogP contribution in [0.4, 0.5) is 0 Å². The summed E-state index contributed by atoms with van der Waals surface area (Å²) in [7, 11) is 3.25. The number of methoxy groups -OCH3 is 2. The second-order valence-electron chi connectivity index (χ2n) is 8.47. The first-order valence-corrected chi connectivity index (χ1v) is 10.9. The standard InChI is InChI=1S/C25H32O7/c1-25(2)31-21-20(16-28-14-17-8-6-5-7-9-17)30-24(27-4)23(22(21)32-25)29-15-18-10-12-19(26-3)13-11-18/h5-13,20-24H,14-16H2,1-4H3/t20-,21-,22+,23+,24-/m1/s1. The van der Waals surface area contributed by atoms with Crippen LogP contribution in [0.25, 0.3) is 0 Å². The zero-order valence-corrected chi connectivity index (χ0v) is 19.1. The van der Waals surface area contributed by atoms with Crippen LogP contribution in [0.3, 0.4) is 0 Å². The maximum absolute atomic E-state index is 6.24. The molecule has 0 aromatic heterocycles. The number of hydrogen-bond donors (Lipinski definition) is 0. The van der Waals surface area contributed by atoms with Crippen molar-refractivity contribution in [3.05, 3.63) is 65.7 Å². The first-order chi connectivity index (χ1) is 15.5. The van der Waals surface area contributed by atoms with Crippen molar-refractivity contribution in [2.24, 2.45) is 0 Å². The predicted octanol–water partition coefficient (Wildman–Crippen LogP) is 3.69. The van der Waals surface area contributed by atoms with Crippen LogP contribution < -0.4 is 4.74 Å². The van der Waals surface area contributed by atoms with E-state index in [1.807, 2.05) is 68.4 Å². The van der Waals surface area contributed by atoms with Crippen molar-refractivity contribution in [1.82, 2.24) is 0 Å². The molecule has 2 saturated heterocycles. The third-order valence-corrected chi connectivity index (χ3v) is 5.66. The van der Waals surface area contributed by atoms with Crippen LogP contribution >= 0.6 is 0 Å². The van der Waals surface area contributed by atoms with Gasteiger partial charge in [0.05, 0.1) is 26.9 Å². The van der Waals surface area contributed by atoms with E-state index in [2.05, 4.69) is 0 Å². The molecule has 5 atom stereocenters. The van der Waals surface area contributed by atoms with Gasteiger partial charge in [-0.15, -0.1) is 0 Å². The molecule has 2 aliphatic heterocycles. The third-order valence-electron chi connectivity index (χ3n) is 5.66. The van der Waals surface area contributed by atoms with Crippen molar-refractivity contribution >= 4 is 0 Å². The highest BCUT2D eigenvalue weighted by Crippen LogP contribution is 2.39. The second kappa shape index (κ2) is 10.3. The third kappa shape index (κ3) is 5.49. The highest BCUT2D eigenvalue weighted by atomic mass is 16.8. The van der Waals surface area contributed by atoms with Crippen molar-refractivity contribution in [3.63, 3.8) is 0 Å². The summed E-state index contributed by atoms with van der Waals surface area (Å²) in [6.07, 6.45) is -2.05. The topological polar surface area (TPSA) is 64.6 Å². The molecule has 2 aromatic carbocycles. The van der Waals surface area contributed by atoms with E-state index >= 15 is 0 Å². The van der Waals surface area contributed by atoms with Crippen LogP contribution in [-0.4, -0.2) is 57.3 Å². The van der Waals surface area contributed by atoms with Crippen LogP contribution in [0.2, 0.25) is 0 Å². The van der Waals surface area contributed by atoms with Crippen molar-refractivity contribution in [3.8, 4) is 5.75 Å². The van der Waals surface area contributed by atoms with Crippen LogP contribution in [0.1, 0.15) is 25.0 Å². The molecule has 0 amide bonds. The Morgan fingerprint density at radius 2 is 1.53 bits per heavy atom. The molecule has 0 bridgehead atoms. The van der Waals surface area contributed by atoms with Crippen molar-refractivity contribution in [2.45, 2.75) is 63.6 Å². The Bertz CT molecular complexity index is 839. The Labute approximate surface area is 189 Å². The Morgan fingerprint density at radius 3 is 2.22 bits per heavy atom. The number of fused-ring (bicyclic) bond motifs is 1. The minimum atomic E-state index is -0.749. The van der Waals surface area contributed by atoms with E-state index in [4.69, 9.17) is 33.2 Å². The summed E-state index contributed by atoms with van der Waals surface area (Å²) in [4.78, 5) is 0. The second-order valence-corrected chi connectivity index (χ2v) is 8.47. The molecule has 174 valence electrons. The largest absolute Gasteiger partial charge is 0.497 e. The van der Waals surface area contributed by atoms with Gasteiger partial charge in [0, 0.05) is 7.11 Å². The van der Waals surface area contributed by atoms with Crippen LogP contribution in [-0.2, 0) is 41.6 Å². The van der Waals surface area contributed by atoms with Gasteiger partial charge in [0.25, 0.3) is 0 Å². The van der Waals surface area contributed by atoms with Gasteiger partial charge < -0.3 is 33.2 Å². The molecule has 2 aliphatic rings. The molecule has 7 heteroatoms. The molecule has 0 saturated carbocycles. The number of benzene rings is 2. The molecule has 2 heterocycles. The van der Waals surface area contributed by atoms with Gasteiger partial charge >= 0.3 is 0 Å². The zero-order valence-electron chi connectivity index (χ0n) is 19.1. The first-order valence-electron chi connectivity index (χ1n) is 10.9. The summed E-state index contributed by atoms with van der Waals surface area (Å²) in [5.41, 5.74) is 2.12. The van der Waals surface area contributed by atoms with Crippen LogP contribution in [0.15, 0.2) is 54.6 Å². The van der Waals surface area contributed by atoms with E-state index < -0.39 is 18.2 Å². The average molecular weight is 445 g/mol. The quantitative estimate of drug-likeness (QED) is 0.584. The fourth-order valence-electron chi connectivity index (χ4n) is 4.12. The number of ether oxygens (including phenoxy) is 7. The van der Waals surface area contributed by atoms with Gasteiger partial charge in [-0.05, 0) is 37.1 Å². The van der Waals surface area contributed by atoms with E-state index in [9.17, 15) is 0 Å². The molecule has 0 unspecified atom stereocenters. The summed E-state index contributed by atoms with van der Waals surface area (Å²) in [6, 6.07) is 17.8. The Balaban J connectivity index is 1.42. The SMILES string of the molecule is COc1ccc(CO[C@@H]2[C@H](OC)O[C@H](COCc3ccccc3)[C@H]3OC(C)(C)O[C@H]23)cc1. The smallest absolute Gasteiger partial charge is 0.186 e. The van der Waals surface area contributed by atoms with Crippen LogP contribution in [0.5, 0.6) is 5.75 Å². The first kappa shape index (κ1) is 23.2. The predicted molar refractivity (Wildman–Crippen MR) is 117 cm³/mol. The molecule has 32 heavy (non-hydrogen) atoms. The summed E-state index contributed by atoms with van der Waals surface area (Å²) in [5.74, 6) is 0.0537. The highest BCUT2D eigenvalue weighted by molar-refractivity contribution is 5.26. The normalized spacial score (nSPS) is 28.9. The lowest BCUT2D eigenvalue weighted by molar-refractivity contribution is -0.288. The zero-order chi connectivity index (χ0) is 22.6. The van der Waals surface area contributed by atoms with Crippen molar-refractivity contribution in [2.75, 3.05) is 20.8 Å². The van der Waals surface area contributed by atoms with Crippen LogP contribution in [0, 0.1) is 0 Å². The van der Waals surface area contributed by atoms with Gasteiger partial charge in [-0.2, -0.15) is 0 Å². The molecular formula is C25H32O7. The molecule has 2 aromatic rings. The lowest BCUT2D eigenvalue weighted by Crippen LogP contribution is -2.58. The molecule has 0 aliphatic carbocycles. The van der Waals surface area contributed by atoms with Gasteiger partial charge in [-0.3, -0.25) is 0 Å². The summed E-state index contributed by atoms with van der Waals surface area (Å²) in [5, 5.41) is 0. The molecule has 0 spiro atoms. The van der Waals surface area contributed by atoms with E-state index in [-0.39, 0.29) is 18.3 Å². The molecular weight excluding hydrogens is 412 g/mol. The minimum Gasteiger partial charge on any atom is -0.497 e. The summed E-state index contributed by atoms with van der Waals surface area (Å²) < 4.78 is 41.7. The van der Waals surface area contributed by atoms with E-state index in [1.165, 1.54) is 0 Å². The fourth-order valence-corrected chi connectivity index (χ4v) is 4.12. The van der Waals surface area contributed by atoms with Gasteiger partial charge in [0.15, 0.2) is 12.1 Å². The van der Waals surface area contributed by atoms with Crippen molar-refractivity contribution < 1.29 is 33.2 Å². The van der Waals surface area contributed by atoms with E-state index in [0.717, 1.165) is 16.9 Å². The van der Waals surface area contributed by atoms with Gasteiger partial charge in [0.2, 0.25) is 0 Å². The van der Waals surface area contributed by atoms with E-state index in [1.54, 1.807) is 14.2 Å². The average Bonchev–Trinajstić information content (AvgIpc) is 3.14. The highest BCUT2D eigenvalue weighted by Gasteiger charge is 2.56.